The molecule has 5 nitrogen and oxygen atoms in total. The van der Waals surface area contributed by atoms with Crippen molar-refractivity contribution in [1.29, 1.82) is 0 Å². The largest absolute Gasteiger partial charge is 0.411 e. The summed E-state index contributed by atoms with van der Waals surface area (Å²) in [5.41, 5.74) is 1.99. The number of thioether (sulfide) groups is 1. The Kier molecular flexibility index (Phi) is 3.51. The molecule has 3 aromatic rings. The van der Waals surface area contributed by atoms with Gasteiger partial charge < -0.3 is 4.42 Å². The van der Waals surface area contributed by atoms with Crippen molar-refractivity contribution in [3.8, 4) is 11.5 Å². The van der Waals surface area contributed by atoms with Gasteiger partial charge in [-0.05, 0) is 23.8 Å². The lowest BCUT2D eigenvalue weighted by molar-refractivity contribution is 0.466. The number of pyridine rings is 2. The highest BCUT2D eigenvalue weighted by atomic mass is 32.2. The van der Waals surface area contributed by atoms with E-state index in [1.54, 1.807) is 18.6 Å². The van der Waals surface area contributed by atoms with Crippen molar-refractivity contribution >= 4 is 11.8 Å². The van der Waals surface area contributed by atoms with E-state index in [-0.39, 0.29) is 0 Å². The fourth-order valence-corrected chi connectivity index (χ4v) is 2.21. The van der Waals surface area contributed by atoms with Crippen LogP contribution in [0.4, 0.5) is 0 Å². The van der Waals surface area contributed by atoms with Gasteiger partial charge in [-0.2, -0.15) is 0 Å². The second kappa shape index (κ2) is 5.62. The van der Waals surface area contributed by atoms with Gasteiger partial charge in [0.1, 0.15) is 0 Å². The molecule has 0 aromatic carbocycles. The second-order valence-corrected chi connectivity index (χ2v) is 4.69. The molecule has 94 valence electrons. The quantitative estimate of drug-likeness (QED) is 0.679. The molecule has 0 atom stereocenters. The molecule has 19 heavy (non-hydrogen) atoms. The van der Waals surface area contributed by atoms with Crippen LogP contribution in [0.15, 0.2) is 58.7 Å². The van der Waals surface area contributed by atoms with Gasteiger partial charge in [0.2, 0.25) is 5.89 Å². The van der Waals surface area contributed by atoms with Crippen molar-refractivity contribution < 1.29 is 4.42 Å². The van der Waals surface area contributed by atoms with Gasteiger partial charge in [0, 0.05) is 36.1 Å². The summed E-state index contributed by atoms with van der Waals surface area (Å²) in [7, 11) is 0. The van der Waals surface area contributed by atoms with Gasteiger partial charge in [0.25, 0.3) is 5.22 Å². The van der Waals surface area contributed by atoms with Crippen LogP contribution in [0.1, 0.15) is 5.56 Å². The molecule has 0 N–H and O–H groups in total. The standard InChI is InChI=1S/C13H10N4OS/c1-2-10(8-15-5-1)9-19-13-17-16-12(18-13)11-3-6-14-7-4-11/h1-8H,9H2. The van der Waals surface area contributed by atoms with Crippen LogP contribution in [0.3, 0.4) is 0 Å². The number of hydrogen-bond acceptors (Lipinski definition) is 6. The van der Waals surface area contributed by atoms with Crippen molar-refractivity contribution in [2.75, 3.05) is 0 Å². The van der Waals surface area contributed by atoms with Crippen LogP contribution in [0.25, 0.3) is 11.5 Å². The van der Waals surface area contributed by atoms with Gasteiger partial charge >= 0.3 is 0 Å². The molecular weight excluding hydrogens is 260 g/mol. The maximum absolute atomic E-state index is 5.58. The molecule has 3 heterocycles. The predicted molar refractivity (Wildman–Crippen MR) is 71.3 cm³/mol. The second-order valence-electron chi connectivity index (χ2n) is 3.76. The summed E-state index contributed by atoms with van der Waals surface area (Å²) in [6.07, 6.45) is 6.97. The minimum atomic E-state index is 0.510. The summed E-state index contributed by atoms with van der Waals surface area (Å²) < 4.78 is 5.58. The normalized spacial score (nSPS) is 10.5. The van der Waals surface area contributed by atoms with E-state index < -0.39 is 0 Å². The molecule has 0 bridgehead atoms. The molecule has 0 fully saturated rings. The Hall–Kier alpha value is -2.21. The van der Waals surface area contributed by atoms with Crippen molar-refractivity contribution in [3.05, 3.63) is 54.6 Å². The van der Waals surface area contributed by atoms with Gasteiger partial charge in [-0.25, -0.2) is 0 Å². The van der Waals surface area contributed by atoms with E-state index in [9.17, 15) is 0 Å². The summed E-state index contributed by atoms with van der Waals surface area (Å²) in [6.45, 7) is 0. The first-order chi connectivity index (χ1) is 9.42. The van der Waals surface area contributed by atoms with E-state index in [2.05, 4.69) is 20.2 Å². The number of nitrogens with zero attached hydrogens (tertiary/aromatic N) is 4. The molecule has 0 unspecified atom stereocenters. The zero-order chi connectivity index (χ0) is 12.9. The maximum atomic E-state index is 5.58. The van der Waals surface area contributed by atoms with Crippen molar-refractivity contribution in [3.63, 3.8) is 0 Å². The third-order valence-electron chi connectivity index (χ3n) is 2.42. The first-order valence-electron chi connectivity index (χ1n) is 5.67. The smallest absolute Gasteiger partial charge is 0.277 e. The molecular formula is C13H10N4OS. The van der Waals surface area contributed by atoms with Crippen molar-refractivity contribution in [2.45, 2.75) is 11.0 Å². The Morgan fingerprint density at radius 1 is 1.00 bits per heavy atom. The van der Waals surface area contributed by atoms with Crippen molar-refractivity contribution in [2.24, 2.45) is 0 Å². The Bertz CT molecular complexity index is 642. The Morgan fingerprint density at radius 3 is 2.68 bits per heavy atom. The molecule has 3 aromatic heterocycles. The van der Waals surface area contributed by atoms with E-state index in [0.29, 0.717) is 11.1 Å². The van der Waals surface area contributed by atoms with Crippen LogP contribution < -0.4 is 0 Å². The third-order valence-corrected chi connectivity index (χ3v) is 3.31. The summed E-state index contributed by atoms with van der Waals surface area (Å²) in [4.78, 5) is 8.01. The van der Waals surface area contributed by atoms with E-state index in [0.717, 1.165) is 16.9 Å². The molecule has 0 aliphatic carbocycles. The van der Waals surface area contributed by atoms with Gasteiger partial charge in [0.05, 0.1) is 0 Å². The minimum Gasteiger partial charge on any atom is -0.411 e. The average Bonchev–Trinajstić information content (AvgIpc) is 2.96. The summed E-state index contributed by atoms with van der Waals surface area (Å²) >= 11 is 1.49. The van der Waals surface area contributed by atoms with Crippen molar-refractivity contribution in [1.82, 2.24) is 20.2 Å². The first-order valence-corrected chi connectivity index (χ1v) is 6.66. The Morgan fingerprint density at radius 2 is 1.89 bits per heavy atom. The molecule has 0 aliphatic heterocycles. The highest BCUT2D eigenvalue weighted by Gasteiger charge is 2.08. The van der Waals surface area contributed by atoms with Gasteiger partial charge in [-0.1, -0.05) is 17.8 Å². The van der Waals surface area contributed by atoms with Crippen LogP contribution in [-0.2, 0) is 5.75 Å². The summed E-state index contributed by atoms with van der Waals surface area (Å²) in [6, 6.07) is 7.60. The monoisotopic (exact) mass is 270 g/mol. The molecule has 0 saturated heterocycles. The number of hydrogen-bond donors (Lipinski definition) is 0. The predicted octanol–water partition coefficient (Wildman–Crippen LogP) is 2.82. The van der Waals surface area contributed by atoms with E-state index in [1.165, 1.54) is 11.8 Å². The molecule has 0 saturated carbocycles. The van der Waals surface area contributed by atoms with Gasteiger partial charge in [-0.15, -0.1) is 10.2 Å². The fraction of sp³-hybridized carbons (Fsp3) is 0.0769. The van der Waals surface area contributed by atoms with Crippen LogP contribution in [-0.4, -0.2) is 20.2 Å². The summed E-state index contributed by atoms with van der Waals surface area (Å²) in [5, 5.41) is 8.58. The van der Waals surface area contributed by atoms with E-state index in [1.807, 2.05) is 30.5 Å². The van der Waals surface area contributed by atoms with Crippen LogP contribution in [0.5, 0.6) is 0 Å². The highest BCUT2D eigenvalue weighted by molar-refractivity contribution is 7.98. The summed E-state index contributed by atoms with van der Waals surface area (Å²) in [5.74, 6) is 1.27. The lowest BCUT2D eigenvalue weighted by Gasteiger charge is -1.96. The van der Waals surface area contributed by atoms with Crippen LogP contribution in [0, 0.1) is 0 Å². The van der Waals surface area contributed by atoms with Crippen LogP contribution >= 0.6 is 11.8 Å². The number of rotatable bonds is 4. The molecule has 6 heteroatoms. The average molecular weight is 270 g/mol. The zero-order valence-corrected chi connectivity index (χ0v) is 10.7. The minimum absolute atomic E-state index is 0.510. The molecule has 0 aliphatic rings. The lowest BCUT2D eigenvalue weighted by atomic mass is 10.3. The topological polar surface area (TPSA) is 64.7 Å². The molecule has 3 rings (SSSR count). The highest BCUT2D eigenvalue weighted by Crippen LogP contribution is 2.24. The Balaban J connectivity index is 1.69. The van der Waals surface area contributed by atoms with E-state index in [4.69, 9.17) is 4.42 Å². The van der Waals surface area contributed by atoms with E-state index >= 15 is 0 Å². The van der Waals surface area contributed by atoms with Gasteiger partial charge in [-0.3, -0.25) is 9.97 Å². The molecule has 0 amide bonds. The molecule has 0 spiro atoms. The maximum Gasteiger partial charge on any atom is 0.277 e. The fourth-order valence-electron chi connectivity index (χ4n) is 1.51. The van der Waals surface area contributed by atoms with Crippen LogP contribution in [0.2, 0.25) is 0 Å². The van der Waals surface area contributed by atoms with Gasteiger partial charge in [0.15, 0.2) is 0 Å². The third kappa shape index (κ3) is 2.97. The zero-order valence-electron chi connectivity index (χ0n) is 9.93. The Labute approximate surface area is 114 Å². The number of aromatic nitrogens is 4. The first kappa shape index (κ1) is 11.9. The SMILES string of the molecule is c1cncc(CSc2nnc(-c3ccncc3)o2)c1. The lowest BCUT2D eigenvalue weighted by Crippen LogP contribution is -1.81. The molecule has 0 radical (unpaired) electrons.